The van der Waals surface area contributed by atoms with Crippen molar-refractivity contribution in [3.63, 3.8) is 0 Å². The third-order valence-corrected chi connectivity index (χ3v) is 4.09. The summed E-state index contributed by atoms with van der Waals surface area (Å²) in [6.07, 6.45) is 4.31. The lowest BCUT2D eigenvalue weighted by molar-refractivity contribution is 0.0718. The van der Waals surface area contributed by atoms with Gasteiger partial charge in [-0.05, 0) is 43.5 Å². The molecular formula is C18H17F2N3O2. The Kier molecular flexibility index (Phi) is 5.02. The van der Waals surface area contributed by atoms with Gasteiger partial charge in [0, 0.05) is 24.8 Å². The van der Waals surface area contributed by atoms with Crippen molar-refractivity contribution < 1.29 is 18.4 Å². The third kappa shape index (κ3) is 3.81. The number of rotatable bonds is 3. The molecule has 2 amide bonds. The second-order valence-electron chi connectivity index (χ2n) is 5.83. The van der Waals surface area contributed by atoms with E-state index in [1.54, 1.807) is 4.90 Å². The van der Waals surface area contributed by atoms with E-state index in [-0.39, 0.29) is 17.2 Å². The number of amides is 2. The number of benzene rings is 1. The van der Waals surface area contributed by atoms with Gasteiger partial charge in [0.2, 0.25) is 0 Å². The number of halogens is 2. The lowest BCUT2D eigenvalue weighted by atomic mass is 10.1. The zero-order chi connectivity index (χ0) is 17.8. The van der Waals surface area contributed by atoms with E-state index in [0.717, 1.165) is 31.4 Å². The molecule has 5 nitrogen and oxygen atoms in total. The molecule has 1 aromatic heterocycles. The molecule has 130 valence electrons. The quantitative estimate of drug-likeness (QED) is 0.929. The highest BCUT2D eigenvalue weighted by Crippen LogP contribution is 2.19. The van der Waals surface area contributed by atoms with Gasteiger partial charge in [0.05, 0.1) is 0 Å². The van der Waals surface area contributed by atoms with Crippen LogP contribution in [-0.4, -0.2) is 34.8 Å². The Hall–Kier alpha value is -2.83. The molecule has 7 heteroatoms. The number of likely N-dealkylation sites (tertiary alicyclic amines) is 1. The SMILES string of the molecule is O=C(Nc1c(F)cccc1F)c1ccnc(C(=O)N2CCCCC2)c1. The first-order valence-electron chi connectivity index (χ1n) is 8.07. The van der Waals surface area contributed by atoms with Crippen LogP contribution in [0.5, 0.6) is 0 Å². The number of hydrogen-bond acceptors (Lipinski definition) is 3. The van der Waals surface area contributed by atoms with Crippen LogP contribution in [0.15, 0.2) is 36.5 Å². The van der Waals surface area contributed by atoms with Gasteiger partial charge in [-0.2, -0.15) is 0 Å². The Morgan fingerprint density at radius 2 is 1.72 bits per heavy atom. The molecule has 0 bridgehead atoms. The molecule has 0 saturated carbocycles. The second kappa shape index (κ2) is 7.38. The van der Waals surface area contributed by atoms with Crippen LogP contribution >= 0.6 is 0 Å². The predicted octanol–water partition coefficient (Wildman–Crippen LogP) is 3.24. The zero-order valence-corrected chi connectivity index (χ0v) is 13.5. The van der Waals surface area contributed by atoms with E-state index in [2.05, 4.69) is 10.3 Å². The summed E-state index contributed by atoms with van der Waals surface area (Å²) in [6, 6.07) is 6.04. The maximum Gasteiger partial charge on any atom is 0.272 e. The number of piperidine rings is 1. The summed E-state index contributed by atoms with van der Waals surface area (Å²) in [7, 11) is 0. The van der Waals surface area contributed by atoms with E-state index < -0.39 is 23.2 Å². The molecule has 1 N–H and O–H groups in total. The largest absolute Gasteiger partial charge is 0.337 e. The molecule has 3 rings (SSSR count). The monoisotopic (exact) mass is 345 g/mol. The number of carbonyl (C=O) groups excluding carboxylic acids is 2. The molecule has 25 heavy (non-hydrogen) atoms. The van der Waals surface area contributed by atoms with Crippen molar-refractivity contribution in [3.05, 3.63) is 59.4 Å². The average molecular weight is 345 g/mol. The van der Waals surface area contributed by atoms with Gasteiger partial charge in [-0.25, -0.2) is 8.78 Å². The lowest BCUT2D eigenvalue weighted by Crippen LogP contribution is -2.36. The number of carbonyl (C=O) groups is 2. The molecule has 1 saturated heterocycles. The van der Waals surface area contributed by atoms with E-state index in [1.165, 1.54) is 24.4 Å². The fourth-order valence-corrected chi connectivity index (χ4v) is 2.75. The van der Waals surface area contributed by atoms with E-state index in [9.17, 15) is 18.4 Å². The number of nitrogens with zero attached hydrogens (tertiary/aromatic N) is 2. The molecule has 1 aliphatic heterocycles. The summed E-state index contributed by atoms with van der Waals surface area (Å²) in [6.45, 7) is 1.33. The van der Waals surface area contributed by atoms with Crippen LogP contribution in [0.1, 0.15) is 40.1 Å². The Balaban J connectivity index is 1.78. The molecule has 2 heterocycles. The summed E-state index contributed by atoms with van der Waals surface area (Å²) >= 11 is 0. The van der Waals surface area contributed by atoms with Crippen LogP contribution in [0.25, 0.3) is 0 Å². The summed E-state index contributed by atoms with van der Waals surface area (Å²) in [5, 5.41) is 2.20. The number of nitrogens with one attached hydrogen (secondary N) is 1. The predicted molar refractivity (Wildman–Crippen MR) is 88.3 cm³/mol. The highest BCUT2D eigenvalue weighted by Gasteiger charge is 2.21. The zero-order valence-electron chi connectivity index (χ0n) is 13.5. The fourth-order valence-electron chi connectivity index (χ4n) is 2.75. The lowest BCUT2D eigenvalue weighted by Gasteiger charge is -2.26. The van der Waals surface area contributed by atoms with Crippen molar-refractivity contribution in [2.24, 2.45) is 0 Å². The number of pyridine rings is 1. The van der Waals surface area contributed by atoms with Gasteiger partial charge < -0.3 is 10.2 Å². The maximum absolute atomic E-state index is 13.6. The van der Waals surface area contributed by atoms with Gasteiger partial charge in [0.1, 0.15) is 23.0 Å². The van der Waals surface area contributed by atoms with E-state index in [4.69, 9.17) is 0 Å². The Bertz CT molecular complexity index is 784. The smallest absolute Gasteiger partial charge is 0.272 e. The highest BCUT2D eigenvalue weighted by atomic mass is 19.1. The van der Waals surface area contributed by atoms with Crippen molar-refractivity contribution in [3.8, 4) is 0 Å². The summed E-state index contributed by atoms with van der Waals surface area (Å²) in [5.41, 5.74) is -0.269. The summed E-state index contributed by atoms with van der Waals surface area (Å²) in [5.74, 6) is -2.69. The van der Waals surface area contributed by atoms with Gasteiger partial charge in [0.15, 0.2) is 0 Å². The summed E-state index contributed by atoms with van der Waals surface area (Å²) < 4.78 is 27.3. The number of aromatic nitrogens is 1. The molecule has 0 unspecified atom stereocenters. The third-order valence-electron chi connectivity index (χ3n) is 4.09. The number of para-hydroxylation sites is 1. The molecule has 0 atom stereocenters. The van der Waals surface area contributed by atoms with Gasteiger partial charge >= 0.3 is 0 Å². The van der Waals surface area contributed by atoms with Crippen LogP contribution in [0.2, 0.25) is 0 Å². The van der Waals surface area contributed by atoms with E-state index in [1.807, 2.05) is 0 Å². The number of hydrogen-bond donors (Lipinski definition) is 1. The first kappa shape index (κ1) is 17.0. The van der Waals surface area contributed by atoms with Crippen LogP contribution in [0.4, 0.5) is 14.5 Å². The molecule has 1 aromatic carbocycles. The normalized spacial score (nSPS) is 14.2. The molecule has 0 spiro atoms. The van der Waals surface area contributed by atoms with Crippen molar-refractivity contribution in [1.29, 1.82) is 0 Å². The van der Waals surface area contributed by atoms with Gasteiger partial charge in [-0.1, -0.05) is 6.07 Å². The molecule has 0 aliphatic carbocycles. The fraction of sp³-hybridized carbons (Fsp3) is 0.278. The molecule has 1 aliphatic rings. The van der Waals surface area contributed by atoms with Gasteiger partial charge in [0.25, 0.3) is 11.8 Å². The van der Waals surface area contributed by atoms with E-state index in [0.29, 0.717) is 13.1 Å². The topological polar surface area (TPSA) is 62.3 Å². The number of anilines is 1. The molecule has 2 aromatic rings. The highest BCUT2D eigenvalue weighted by molar-refractivity contribution is 6.05. The van der Waals surface area contributed by atoms with Gasteiger partial charge in [-0.15, -0.1) is 0 Å². The van der Waals surface area contributed by atoms with E-state index >= 15 is 0 Å². The molecule has 0 radical (unpaired) electrons. The maximum atomic E-state index is 13.6. The van der Waals surface area contributed by atoms with Crippen molar-refractivity contribution in [2.45, 2.75) is 19.3 Å². The van der Waals surface area contributed by atoms with Crippen LogP contribution in [0, 0.1) is 11.6 Å². The Labute approximate surface area is 143 Å². The minimum atomic E-state index is -0.868. The Morgan fingerprint density at radius 3 is 2.40 bits per heavy atom. The average Bonchev–Trinajstić information content (AvgIpc) is 2.65. The van der Waals surface area contributed by atoms with Crippen LogP contribution in [-0.2, 0) is 0 Å². The first-order valence-corrected chi connectivity index (χ1v) is 8.07. The van der Waals surface area contributed by atoms with Crippen molar-refractivity contribution >= 4 is 17.5 Å². The Morgan fingerprint density at radius 1 is 1.04 bits per heavy atom. The van der Waals surface area contributed by atoms with Crippen molar-refractivity contribution in [2.75, 3.05) is 18.4 Å². The van der Waals surface area contributed by atoms with Crippen molar-refractivity contribution in [1.82, 2.24) is 9.88 Å². The first-order chi connectivity index (χ1) is 12.1. The van der Waals surface area contributed by atoms with Crippen LogP contribution in [0.3, 0.4) is 0 Å². The minimum absolute atomic E-state index is 0.109. The van der Waals surface area contributed by atoms with Crippen LogP contribution < -0.4 is 5.32 Å². The standard InChI is InChI=1S/C18H17F2N3O2/c19-13-5-4-6-14(20)16(13)22-17(24)12-7-8-21-15(11-12)18(25)23-9-2-1-3-10-23/h4-8,11H,1-3,9-10H2,(H,22,24). The second-order valence-corrected chi connectivity index (χ2v) is 5.83. The minimum Gasteiger partial charge on any atom is -0.337 e. The molecule has 1 fully saturated rings. The molecular weight excluding hydrogens is 328 g/mol. The van der Waals surface area contributed by atoms with Gasteiger partial charge in [-0.3, -0.25) is 14.6 Å². The summed E-state index contributed by atoms with van der Waals surface area (Å²) in [4.78, 5) is 30.4.